The number of imidazole rings is 1. The molecule has 0 aliphatic carbocycles. The Balaban J connectivity index is 2.53. The number of rotatable bonds is 3. The Labute approximate surface area is 99.5 Å². The van der Waals surface area contributed by atoms with Gasteiger partial charge < -0.3 is 9.67 Å². The van der Waals surface area contributed by atoms with E-state index in [0.717, 1.165) is 5.56 Å². The van der Waals surface area contributed by atoms with Crippen LogP contribution in [0, 0.1) is 0 Å². The average Bonchev–Trinajstić information content (AvgIpc) is 2.79. The topological polar surface area (TPSA) is 55.1 Å². The summed E-state index contributed by atoms with van der Waals surface area (Å²) in [6.45, 7) is 3.31. The van der Waals surface area contributed by atoms with Crippen LogP contribution in [-0.4, -0.2) is 20.6 Å². The minimum absolute atomic E-state index is 0.665. The summed E-state index contributed by atoms with van der Waals surface area (Å²) in [4.78, 5) is 15.5. The van der Waals surface area contributed by atoms with E-state index in [2.05, 4.69) is 4.98 Å². The molecule has 0 bridgehead atoms. The molecule has 0 unspecified atom stereocenters. The number of nitrogens with zero attached hydrogens (tertiary/aromatic N) is 2. The summed E-state index contributed by atoms with van der Waals surface area (Å²) in [6.07, 6.45) is 3.31. The summed E-state index contributed by atoms with van der Waals surface area (Å²) >= 11 is 0. The van der Waals surface area contributed by atoms with Gasteiger partial charge in [0.25, 0.3) is 0 Å². The molecular formula is C13H14N2O2. The van der Waals surface area contributed by atoms with Crippen molar-refractivity contribution in [3.63, 3.8) is 0 Å². The van der Waals surface area contributed by atoms with Crippen molar-refractivity contribution in [3.8, 4) is 11.4 Å². The van der Waals surface area contributed by atoms with Gasteiger partial charge in [0.1, 0.15) is 11.4 Å². The molecule has 4 heteroatoms. The first-order chi connectivity index (χ1) is 8.03. The third kappa shape index (κ3) is 1.93. The summed E-state index contributed by atoms with van der Waals surface area (Å²) in [6, 6.07) is 9.55. The third-order valence-corrected chi connectivity index (χ3v) is 2.80. The Bertz CT molecular complexity index is 529. The Hall–Kier alpha value is -2.10. The van der Waals surface area contributed by atoms with Gasteiger partial charge in [0.2, 0.25) is 0 Å². The van der Waals surface area contributed by atoms with Gasteiger partial charge >= 0.3 is 5.97 Å². The van der Waals surface area contributed by atoms with Crippen LogP contribution in [0.1, 0.15) is 13.8 Å². The highest BCUT2D eigenvalue weighted by molar-refractivity contribution is 5.77. The van der Waals surface area contributed by atoms with E-state index >= 15 is 0 Å². The molecule has 2 rings (SSSR count). The maximum Gasteiger partial charge on any atom is 0.329 e. The van der Waals surface area contributed by atoms with Crippen LogP contribution in [0.4, 0.5) is 0 Å². The zero-order valence-corrected chi connectivity index (χ0v) is 9.79. The van der Waals surface area contributed by atoms with E-state index in [1.807, 2.05) is 30.3 Å². The lowest BCUT2D eigenvalue weighted by Crippen LogP contribution is -2.35. The molecule has 1 aromatic heterocycles. The molecule has 1 N–H and O–H groups in total. The lowest BCUT2D eigenvalue weighted by Gasteiger charge is -2.23. The molecule has 0 saturated heterocycles. The Kier molecular flexibility index (Phi) is 2.71. The largest absolute Gasteiger partial charge is 0.480 e. The molecule has 1 aromatic carbocycles. The summed E-state index contributed by atoms with van der Waals surface area (Å²) < 4.78 is 1.67. The SMILES string of the molecule is CC(C)(C(=O)O)n1ccnc1-c1ccccc1. The molecule has 2 aromatic rings. The van der Waals surface area contributed by atoms with E-state index in [1.54, 1.807) is 30.8 Å². The summed E-state index contributed by atoms with van der Waals surface area (Å²) in [7, 11) is 0. The van der Waals surface area contributed by atoms with Gasteiger partial charge in [-0.15, -0.1) is 0 Å². The minimum Gasteiger partial charge on any atom is -0.480 e. The third-order valence-electron chi connectivity index (χ3n) is 2.80. The summed E-state index contributed by atoms with van der Waals surface area (Å²) in [5, 5.41) is 9.24. The van der Waals surface area contributed by atoms with Crippen molar-refractivity contribution in [2.75, 3.05) is 0 Å². The number of benzene rings is 1. The van der Waals surface area contributed by atoms with Crippen LogP contribution in [0.5, 0.6) is 0 Å². The molecule has 4 nitrogen and oxygen atoms in total. The van der Waals surface area contributed by atoms with Crippen LogP contribution in [0.2, 0.25) is 0 Å². The van der Waals surface area contributed by atoms with Gasteiger partial charge in [-0.05, 0) is 13.8 Å². The van der Waals surface area contributed by atoms with Crippen molar-refractivity contribution in [2.24, 2.45) is 0 Å². The lowest BCUT2D eigenvalue weighted by molar-refractivity contribution is -0.145. The quantitative estimate of drug-likeness (QED) is 0.880. The van der Waals surface area contributed by atoms with Crippen LogP contribution < -0.4 is 0 Å². The van der Waals surface area contributed by atoms with Gasteiger partial charge in [-0.1, -0.05) is 30.3 Å². The van der Waals surface area contributed by atoms with Crippen molar-refractivity contribution in [1.82, 2.24) is 9.55 Å². The molecule has 0 fully saturated rings. The van der Waals surface area contributed by atoms with Gasteiger partial charge in [0, 0.05) is 18.0 Å². The molecular weight excluding hydrogens is 216 g/mol. The number of carbonyl (C=O) groups is 1. The highest BCUT2D eigenvalue weighted by Gasteiger charge is 2.31. The minimum atomic E-state index is -1.01. The maximum atomic E-state index is 11.3. The Morgan fingerprint density at radius 3 is 2.53 bits per heavy atom. The predicted octanol–water partition coefficient (Wildman–Crippen LogP) is 2.37. The fourth-order valence-corrected chi connectivity index (χ4v) is 1.66. The fraction of sp³-hybridized carbons (Fsp3) is 0.231. The molecule has 0 aliphatic rings. The van der Waals surface area contributed by atoms with Gasteiger partial charge in [-0.3, -0.25) is 0 Å². The second kappa shape index (κ2) is 4.05. The van der Waals surface area contributed by atoms with E-state index in [0.29, 0.717) is 5.82 Å². The van der Waals surface area contributed by atoms with E-state index in [4.69, 9.17) is 0 Å². The highest BCUT2D eigenvalue weighted by Crippen LogP contribution is 2.24. The second-order valence-corrected chi connectivity index (χ2v) is 4.35. The van der Waals surface area contributed by atoms with E-state index in [-0.39, 0.29) is 0 Å². The molecule has 0 amide bonds. The molecule has 1 heterocycles. The number of hydrogen-bond donors (Lipinski definition) is 1. The van der Waals surface area contributed by atoms with Crippen LogP contribution in [0.15, 0.2) is 42.7 Å². The van der Waals surface area contributed by atoms with Gasteiger partial charge in [-0.25, -0.2) is 9.78 Å². The molecule has 0 radical (unpaired) electrons. The molecule has 0 saturated carbocycles. The smallest absolute Gasteiger partial charge is 0.329 e. The first-order valence-electron chi connectivity index (χ1n) is 5.36. The van der Waals surface area contributed by atoms with Gasteiger partial charge in [-0.2, -0.15) is 0 Å². The molecule has 88 valence electrons. The lowest BCUT2D eigenvalue weighted by atomic mass is 10.1. The van der Waals surface area contributed by atoms with Gasteiger partial charge in [0.05, 0.1) is 0 Å². The number of aliphatic carboxylic acids is 1. The standard InChI is InChI=1S/C13H14N2O2/c1-13(2,12(16)17)15-9-8-14-11(15)10-6-4-3-5-7-10/h3-9H,1-2H3,(H,16,17). The van der Waals surface area contributed by atoms with Gasteiger partial charge in [0.15, 0.2) is 0 Å². The monoisotopic (exact) mass is 230 g/mol. The van der Waals surface area contributed by atoms with Crippen molar-refractivity contribution in [2.45, 2.75) is 19.4 Å². The van der Waals surface area contributed by atoms with E-state index in [1.165, 1.54) is 0 Å². The first-order valence-corrected chi connectivity index (χ1v) is 5.36. The van der Waals surface area contributed by atoms with Crippen LogP contribution >= 0.6 is 0 Å². The number of carboxylic acids is 1. The number of aromatic nitrogens is 2. The summed E-state index contributed by atoms with van der Waals surface area (Å²) in [5.41, 5.74) is -0.103. The normalized spacial score (nSPS) is 11.4. The Morgan fingerprint density at radius 1 is 1.29 bits per heavy atom. The van der Waals surface area contributed by atoms with Crippen molar-refractivity contribution < 1.29 is 9.90 Å². The maximum absolute atomic E-state index is 11.3. The zero-order valence-electron chi connectivity index (χ0n) is 9.79. The first kappa shape index (κ1) is 11.4. The Morgan fingerprint density at radius 2 is 1.94 bits per heavy atom. The fourth-order valence-electron chi connectivity index (χ4n) is 1.66. The predicted molar refractivity (Wildman–Crippen MR) is 64.6 cm³/mol. The molecule has 0 spiro atoms. The van der Waals surface area contributed by atoms with Crippen LogP contribution in [0.25, 0.3) is 11.4 Å². The second-order valence-electron chi connectivity index (χ2n) is 4.35. The average molecular weight is 230 g/mol. The highest BCUT2D eigenvalue weighted by atomic mass is 16.4. The van der Waals surface area contributed by atoms with E-state index < -0.39 is 11.5 Å². The molecule has 0 aliphatic heterocycles. The van der Waals surface area contributed by atoms with Crippen molar-refractivity contribution in [3.05, 3.63) is 42.7 Å². The van der Waals surface area contributed by atoms with Crippen LogP contribution in [0.3, 0.4) is 0 Å². The molecule has 0 atom stereocenters. The van der Waals surface area contributed by atoms with Crippen LogP contribution in [-0.2, 0) is 10.3 Å². The van der Waals surface area contributed by atoms with Crippen molar-refractivity contribution in [1.29, 1.82) is 0 Å². The number of hydrogen-bond acceptors (Lipinski definition) is 2. The van der Waals surface area contributed by atoms with Crippen molar-refractivity contribution >= 4 is 5.97 Å². The summed E-state index contributed by atoms with van der Waals surface area (Å²) in [5.74, 6) is -0.217. The number of carboxylic acid groups (broad SMARTS) is 1. The molecule has 17 heavy (non-hydrogen) atoms. The van der Waals surface area contributed by atoms with E-state index in [9.17, 15) is 9.90 Å². The zero-order chi connectivity index (χ0) is 12.5.